The van der Waals surface area contributed by atoms with Crippen molar-refractivity contribution in [1.29, 1.82) is 0 Å². The van der Waals surface area contributed by atoms with E-state index in [0.29, 0.717) is 6.42 Å². The Kier molecular flexibility index (Phi) is 16.5. The SMILES string of the molecule is CCCCCCCCCCCC(=O)O.[O]=[Cr](=[O])([Cl])[Cl]. The van der Waals surface area contributed by atoms with Crippen molar-refractivity contribution < 1.29 is 28.6 Å². The predicted octanol–water partition coefficient (Wildman–Crippen LogP) is 5.13. The van der Waals surface area contributed by atoms with Crippen molar-refractivity contribution in [2.45, 2.75) is 71.1 Å². The van der Waals surface area contributed by atoms with Gasteiger partial charge in [-0.1, -0.05) is 58.3 Å². The molecule has 0 atom stereocenters. The molecule has 0 amide bonds. The Hall–Kier alpha value is 0.182. The predicted molar refractivity (Wildman–Crippen MR) is 72.6 cm³/mol. The van der Waals surface area contributed by atoms with Crippen LogP contribution in [0.2, 0.25) is 0 Å². The van der Waals surface area contributed by atoms with Gasteiger partial charge in [0.25, 0.3) is 0 Å². The van der Waals surface area contributed by atoms with Crippen molar-refractivity contribution in [2.24, 2.45) is 0 Å². The fourth-order valence-corrected chi connectivity index (χ4v) is 1.59. The quantitative estimate of drug-likeness (QED) is 0.552. The van der Waals surface area contributed by atoms with Gasteiger partial charge in [-0.25, -0.2) is 0 Å². The Labute approximate surface area is 126 Å². The zero-order valence-corrected chi connectivity index (χ0v) is 14.2. The summed E-state index contributed by atoms with van der Waals surface area (Å²) in [5.74, 6) is -0.659. The number of carboxylic acid groups (broad SMARTS) is 1. The maximum atomic E-state index is 10.2. The third-order valence-corrected chi connectivity index (χ3v) is 2.49. The number of unbranched alkanes of at least 4 members (excludes halogenated alkanes) is 8. The van der Waals surface area contributed by atoms with E-state index in [1.165, 1.54) is 44.9 Å². The average molecular weight is 355 g/mol. The van der Waals surface area contributed by atoms with E-state index in [9.17, 15) is 12.4 Å². The van der Waals surface area contributed by atoms with Crippen LogP contribution in [-0.4, -0.2) is 11.1 Å². The molecule has 0 fully saturated rings. The van der Waals surface area contributed by atoms with Crippen molar-refractivity contribution in [3.8, 4) is 0 Å². The maximum absolute atomic E-state index is 10.2. The monoisotopic (exact) mass is 354 g/mol. The summed E-state index contributed by atoms with van der Waals surface area (Å²) >= 11 is -4.31. The van der Waals surface area contributed by atoms with Gasteiger partial charge in [-0.3, -0.25) is 4.79 Å². The molecule has 0 aliphatic carbocycles. The molecule has 4 nitrogen and oxygen atoms in total. The summed E-state index contributed by atoms with van der Waals surface area (Å²) in [5, 5.41) is 8.41. The molecule has 0 unspecified atom stereocenters. The molecule has 0 radical (unpaired) electrons. The van der Waals surface area contributed by atoms with Crippen molar-refractivity contribution in [3.63, 3.8) is 0 Å². The standard InChI is InChI=1S/C12H24O2.2ClH.Cr.2O/c1-2-3-4-5-6-7-8-9-10-11-12(13)14;;;;;/h2-11H2,1H3,(H,13,14);2*1H;;;/q;;;+2;;/p-2. The number of aliphatic carboxylic acids is 1. The Morgan fingerprint density at radius 3 is 1.53 bits per heavy atom. The van der Waals surface area contributed by atoms with Crippen LogP contribution in [0.4, 0.5) is 0 Å². The zero-order chi connectivity index (χ0) is 15.1. The van der Waals surface area contributed by atoms with Crippen LogP contribution in [0.1, 0.15) is 71.1 Å². The molecule has 7 heteroatoms. The Bertz CT molecular complexity index is 297. The van der Waals surface area contributed by atoms with Crippen LogP contribution in [0, 0.1) is 0 Å². The number of halogens is 2. The summed E-state index contributed by atoms with van der Waals surface area (Å²) in [7, 11) is 8.68. The summed E-state index contributed by atoms with van der Waals surface area (Å²) in [5.41, 5.74) is 0. The van der Waals surface area contributed by atoms with E-state index >= 15 is 0 Å². The first-order valence-corrected chi connectivity index (χ1v) is 11.2. The van der Waals surface area contributed by atoms with Crippen molar-refractivity contribution in [3.05, 3.63) is 0 Å². The molecular weight excluding hydrogens is 331 g/mol. The first kappa shape index (κ1) is 21.5. The molecule has 19 heavy (non-hydrogen) atoms. The summed E-state index contributed by atoms with van der Waals surface area (Å²) in [6, 6.07) is 0. The van der Waals surface area contributed by atoms with Gasteiger partial charge in [0, 0.05) is 6.42 Å². The minimum atomic E-state index is -4.31. The van der Waals surface area contributed by atoms with Crippen LogP contribution in [0.25, 0.3) is 0 Å². The van der Waals surface area contributed by atoms with Gasteiger partial charge in [0.05, 0.1) is 0 Å². The summed E-state index contributed by atoms with van der Waals surface area (Å²) < 4.78 is 18.5. The van der Waals surface area contributed by atoms with Crippen LogP contribution in [-0.2, 0) is 23.5 Å². The molecule has 0 aromatic rings. The van der Waals surface area contributed by atoms with Crippen LogP contribution in [0.15, 0.2) is 0 Å². The molecule has 0 heterocycles. The molecule has 0 aromatic carbocycles. The Balaban J connectivity index is 0. The number of rotatable bonds is 10. The van der Waals surface area contributed by atoms with E-state index in [0.717, 1.165) is 12.8 Å². The summed E-state index contributed by atoms with van der Waals surface area (Å²) in [6.07, 6.45) is 11.5. The van der Waals surface area contributed by atoms with Crippen LogP contribution in [0.3, 0.4) is 0 Å². The van der Waals surface area contributed by atoms with E-state index < -0.39 is 17.1 Å². The molecule has 0 aliphatic heterocycles. The van der Waals surface area contributed by atoms with Gasteiger partial charge < -0.3 is 5.11 Å². The topological polar surface area (TPSA) is 71.4 Å². The van der Waals surface area contributed by atoms with Crippen LogP contribution >= 0.6 is 20.1 Å². The molecule has 1 N–H and O–H groups in total. The van der Waals surface area contributed by atoms with Gasteiger partial charge in [-0.05, 0) is 6.42 Å². The molecule has 116 valence electrons. The normalized spacial score (nSPS) is 10.7. The van der Waals surface area contributed by atoms with E-state index in [2.05, 4.69) is 27.0 Å². The molecule has 0 saturated heterocycles. The van der Waals surface area contributed by atoms with E-state index in [-0.39, 0.29) is 0 Å². The number of hydrogen-bond donors (Lipinski definition) is 1. The van der Waals surface area contributed by atoms with E-state index in [4.69, 9.17) is 5.11 Å². The van der Waals surface area contributed by atoms with Gasteiger partial charge in [-0.15, -0.1) is 0 Å². The molecule has 0 saturated carbocycles. The summed E-state index contributed by atoms with van der Waals surface area (Å²) in [4.78, 5) is 10.2. The zero-order valence-electron chi connectivity index (χ0n) is 11.4. The fourth-order valence-electron chi connectivity index (χ4n) is 1.59. The molecule has 0 aromatic heterocycles. The number of carboxylic acids is 1. The number of hydrogen-bond acceptors (Lipinski definition) is 3. The minimum absolute atomic E-state index is 0.343. The van der Waals surface area contributed by atoms with E-state index in [1.54, 1.807) is 0 Å². The molecule has 0 rings (SSSR count). The Morgan fingerprint density at radius 2 is 1.21 bits per heavy atom. The van der Waals surface area contributed by atoms with Gasteiger partial charge in [0.2, 0.25) is 0 Å². The molecular formula is C12H24Cl2CrO4. The second kappa shape index (κ2) is 14.6. The van der Waals surface area contributed by atoms with Crippen molar-refractivity contribution in [1.82, 2.24) is 0 Å². The average Bonchev–Trinajstić information content (AvgIpc) is 2.24. The van der Waals surface area contributed by atoms with Gasteiger partial charge in [0.1, 0.15) is 0 Å². The van der Waals surface area contributed by atoms with Gasteiger partial charge >= 0.3 is 44.8 Å². The van der Waals surface area contributed by atoms with Crippen LogP contribution in [0.5, 0.6) is 0 Å². The second-order valence-electron chi connectivity index (χ2n) is 4.35. The molecule has 0 aliphatic rings. The van der Waals surface area contributed by atoms with E-state index in [1.807, 2.05) is 0 Å². The van der Waals surface area contributed by atoms with Gasteiger partial charge in [0.15, 0.2) is 0 Å². The third-order valence-electron chi connectivity index (χ3n) is 2.49. The van der Waals surface area contributed by atoms with Gasteiger partial charge in [-0.2, -0.15) is 0 Å². The molecule has 0 bridgehead atoms. The summed E-state index contributed by atoms with van der Waals surface area (Å²) in [6.45, 7) is 2.23. The third kappa shape index (κ3) is 38.1. The Morgan fingerprint density at radius 1 is 0.895 bits per heavy atom. The fraction of sp³-hybridized carbons (Fsp3) is 0.917. The van der Waals surface area contributed by atoms with Crippen molar-refractivity contribution in [2.75, 3.05) is 0 Å². The first-order valence-electron chi connectivity index (χ1n) is 6.63. The first-order chi connectivity index (χ1) is 8.77. The second-order valence-corrected chi connectivity index (χ2v) is 9.53. The molecule has 0 spiro atoms. The number of carbonyl (C=O) groups is 1. The van der Waals surface area contributed by atoms with Crippen molar-refractivity contribution >= 4 is 26.1 Å². The van der Waals surface area contributed by atoms with Crippen LogP contribution < -0.4 is 0 Å².